The molecule has 3 heteroatoms. The van der Waals surface area contributed by atoms with E-state index in [1.165, 1.54) is 31.4 Å². The molecule has 2 aromatic rings. The van der Waals surface area contributed by atoms with E-state index in [9.17, 15) is 0 Å². The van der Waals surface area contributed by atoms with Gasteiger partial charge in [-0.25, -0.2) is 4.98 Å². The second kappa shape index (κ2) is 3.24. The molecule has 4 rings (SSSR count). The SMILES string of the molecule is Cl.c1ccn2cc(C34CCCC3C4)nc2c1. The molecule has 2 unspecified atom stereocenters. The number of pyridine rings is 1. The van der Waals surface area contributed by atoms with Crippen molar-refractivity contribution in [2.75, 3.05) is 0 Å². The van der Waals surface area contributed by atoms with E-state index in [1.54, 1.807) is 0 Å². The number of halogens is 1. The van der Waals surface area contributed by atoms with Crippen LogP contribution < -0.4 is 0 Å². The number of hydrogen-bond acceptors (Lipinski definition) is 1. The van der Waals surface area contributed by atoms with Crippen molar-refractivity contribution in [1.29, 1.82) is 0 Å². The van der Waals surface area contributed by atoms with E-state index in [0.717, 1.165) is 11.6 Å². The topological polar surface area (TPSA) is 17.3 Å². The highest BCUT2D eigenvalue weighted by Crippen LogP contribution is 2.63. The third-order valence-electron chi connectivity index (χ3n) is 4.28. The van der Waals surface area contributed by atoms with Gasteiger partial charge in [0.2, 0.25) is 0 Å². The van der Waals surface area contributed by atoms with Crippen molar-refractivity contribution in [3.8, 4) is 0 Å². The van der Waals surface area contributed by atoms with Gasteiger partial charge in [-0.05, 0) is 37.3 Å². The molecule has 0 radical (unpaired) electrons. The van der Waals surface area contributed by atoms with Crippen molar-refractivity contribution in [3.05, 3.63) is 36.3 Å². The van der Waals surface area contributed by atoms with Gasteiger partial charge in [-0.15, -0.1) is 12.4 Å². The summed E-state index contributed by atoms with van der Waals surface area (Å²) >= 11 is 0. The highest BCUT2D eigenvalue weighted by Gasteiger charge is 2.59. The van der Waals surface area contributed by atoms with Crippen molar-refractivity contribution >= 4 is 18.1 Å². The fourth-order valence-corrected chi connectivity index (χ4v) is 3.35. The number of nitrogens with zero attached hydrogens (tertiary/aromatic N) is 2. The molecule has 2 saturated carbocycles. The van der Waals surface area contributed by atoms with Crippen LogP contribution in [0.1, 0.15) is 31.4 Å². The van der Waals surface area contributed by atoms with E-state index >= 15 is 0 Å². The molecule has 84 valence electrons. The molecular weight excluding hydrogens is 220 g/mol. The zero-order chi connectivity index (χ0) is 9.88. The van der Waals surface area contributed by atoms with Crippen LogP contribution in [0.3, 0.4) is 0 Å². The van der Waals surface area contributed by atoms with Crippen molar-refractivity contribution in [2.45, 2.75) is 31.1 Å². The summed E-state index contributed by atoms with van der Waals surface area (Å²) in [7, 11) is 0. The van der Waals surface area contributed by atoms with Crippen LogP contribution in [0.4, 0.5) is 0 Å². The summed E-state index contributed by atoms with van der Waals surface area (Å²) in [5, 5.41) is 0. The Labute approximate surface area is 101 Å². The molecule has 0 aromatic carbocycles. The smallest absolute Gasteiger partial charge is 0.136 e. The van der Waals surface area contributed by atoms with E-state index < -0.39 is 0 Å². The van der Waals surface area contributed by atoms with Gasteiger partial charge in [0.1, 0.15) is 5.65 Å². The predicted molar refractivity (Wildman–Crippen MR) is 66.1 cm³/mol. The zero-order valence-corrected chi connectivity index (χ0v) is 9.91. The number of fused-ring (bicyclic) bond motifs is 2. The highest BCUT2D eigenvalue weighted by atomic mass is 35.5. The summed E-state index contributed by atoms with van der Waals surface area (Å²) in [4.78, 5) is 4.77. The molecule has 16 heavy (non-hydrogen) atoms. The van der Waals surface area contributed by atoms with Crippen LogP contribution in [-0.2, 0) is 5.41 Å². The lowest BCUT2D eigenvalue weighted by molar-refractivity contribution is 0.640. The Balaban J connectivity index is 0.000000810. The average Bonchev–Trinajstić information content (AvgIpc) is 2.68. The Morgan fingerprint density at radius 3 is 3.00 bits per heavy atom. The first-order valence-corrected chi connectivity index (χ1v) is 5.83. The molecule has 0 aliphatic heterocycles. The van der Waals surface area contributed by atoms with Crippen molar-refractivity contribution < 1.29 is 0 Å². The van der Waals surface area contributed by atoms with Gasteiger partial charge in [0, 0.05) is 17.8 Å². The standard InChI is InChI=1S/C13H14N2.ClH/c1-2-7-15-9-11(14-12(15)5-1)13-6-3-4-10(13)8-13;/h1-2,5,7,9-10H,3-4,6,8H2;1H. The van der Waals surface area contributed by atoms with Gasteiger partial charge in [-0.1, -0.05) is 12.5 Å². The number of aromatic nitrogens is 2. The van der Waals surface area contributed by atoms with Crippen LogP contribution in [0.25, 0.3) is 5.65 Å². The maximum Gasteiger partial charge on any atom is 0.136 e. The Morgan fingerprint density at radius 1 is 1.38 bits per heavy atom. The minimum atomic E-state index is 0. The third kappa shape index (κ3) is 1.17. The molecule has 2 atom stereocenters. The summed E-state index contributed by atoms with van der Waals surface area (Å²) in [6, 6.07) is 6.21. The van der Waals surface area contributed by atoms with Gasteiger partial charge >= 0.3 is 0 Å². The first kappa shape index (κ1) is 10.2. The Bertz CT molecular complexity index is 500. The summed E-state index contributed by atoms with van der Waals surface area (Å²) < 4.78 is 2.15. The fraction of sp³-hybridized carbons (Fsp3) is 0.462. The molecule has 2 fully saturated rings. The predicted octanol–water partition coefficient (Wildman–Crippen LogP) is 3.20. The third-order valence-corrected chi connectivity index (χ3v) is 4.28. The number of rotatable bonds is 1. The van der Waals surface area contributed by atoms with E-state index in [1.807, 2.05) is 0 Å². The Morgan fingerprint density at radius 2 is 2.31 bits per heavy atom. The van der Waals surface area contributed by atoms with Crippen LogP contribution in [-0.4, -0.2) is 9.38 Å². The monoisotopic (exact) mass is 234 g/mol. The molecule has 0 bridgehead atoms. The molecule has 2 aliphatic rings. The van der Waals surface area contributed by atoms with Crippen molar-refractivity contribution in [3.63, 3.8) is 0 Å². The lowest BCUT2D eigenvalue weighted by Crippen LogP contribution is -2.04. The Kier molecular flexibility index (Phi) is 2.05. The largest absolute Gasteiger partial charge is 0.307 e. The van der Waals surface area contributed by atoms with Crippen LogP contribution in [0.2, 0.25) is 0 Å². The van der Waals surface area contributed by atoms with Crippen molar-refractivity contribution in [2.24, 2.45) is 5.92 Å². The summed E-state index contributed by atoms with van der Waals surface area (Å²) in [6.45, 7) is 0. The minimum Gasteiger partial charge on any atom is -0.307 e. The molecule has 0 amide bonds. The maximum atomic E-state index is 4.77. The van der Waals surface area contributed by atoms with Gasteiger partial charge in [-0.3, -0.25) is 0 Å². The summed E-state index contributed by atoms with van der Waals surface area (Å²) in [5.41, 5.74) is 2.93. The van der Waals surface area contributed by atoms with E-state index in [2.05, 4.69) is 35.0 Å². The van der Waals surface area contributed by atoms with Gasteiger partial charge < -0.3 is 4.40 Å². The number of imidazole rings is 1. The van der Waals surface area contributed by atoms with Crippen LogP contribution >= 0.6 is 12.4 Å². The summed E-state index contributed by atoms with van der Waals surface area (Å²) in [5.74, 6) is 0.947. The second-order valence-corrected chi connectivity index (χ2v) is 5.04. The second-order valence-electron chi connectivity index (χ2n) is 5.04. The molecule has 2 aliphatic carbocycles. The van der Waals surface area contributed by atoms with E-state index in [4.69, 9.17) is 4.98 Å². The van der Waals surface area contributed by atoms with Crippen molar-refractivity contribution in [1.82, 2.24) is 9.38 Å². The van der Waals surface area contributed by atoms with Gasteiger partial charge in [0.15, 0.2) is 0 Å². The first-order valence-electron chi connectivity index (χ1n) is 5.83. The maximum absolute atomic E-state index is 4.77. The van der Waals surface area contributed by atoms with Gasteiger partial charge in [0.05, 0.1) is 5.69 Å². The average molecular weight is 235 g/mol. The number of hydrogen-bond donors (Lipinski definition) is 0. The zero-order valence-electron chi connectivity index (χ0n) is 9.10. The molecule has 0 N–H and O–H groups in total. The fourth-order valence-electron chi connectivity index (χ4n) is 3.35. The summed E-state index contributed by atoms with van der Waals surface area (Å²) in [6.07, 6.45) is 9.90. The quantitative estimate of drug-likeness (QED) is 0.741. The molecule has 2 nitrogen and oxygen atoms in total. The normalized spacial score (nSPS) is 31.1. The van der Waals surface area contributed by atoms with E-state index in [-0.39, 0.29) is 12.4 Å². The minimum absolute atomic E-state index is 0. The molecule has 2 aromatic heterocycles. The van der Waals surface area contributed by atoms with Crippen LogP contribution in [0, 0.1) is 5.92 Å². The Hall–Kier alpha value is -1.02. The molecule has 0 saturated heterocycles. The molecule has 0 spiro atoms. The van der Waals surface area contributed by atoms with Gasteiger partial charge in [0.25, 0.3) is 0 Å². The molecular formula is C13H15ClN2. The highest BCUT2D eigenvalue weighted by molar-refractivity contribution is 5.85. The van der Waals surface area contributed by atoms with E-state index in [0.29, 0.717) is 5.41 Å². The van der Waals surface area contributed by atoms with Crippen LogP contribution in [0.15, 0.2) is 30.6 Å². The first-order chi connectivity index (χ1) is 7.38. The lowest BCUT2D eigenvalue weighted by Gasteiger charge is -2.06. The molecule has 2 heterocycles. The lowest BCUT2D eigenvalue weighted by atomic mass is 10.0. The van der Waals surface area contributed by atoms with Gasteiger partial charge in [-0.2, -0.15) is 0 Å². The van der Waals surface area contributed by atoms with Crippen LogP contribution in [0.5, 0.6) is 0 Å².